The second kappa shape index (κ2) is 8.19. The average molecular weight is 393 g/mol. The number of benzene rings is 2. The summed E-state index contributed by atoms with van der Waals surface area (Å²) in [7, 11) is 0. The molecule has 1 heterocycles. The van der Waals surface area contributed by atoms with Crippen molar-refractivity contribution in [2.24, 2.45) is 5.92 Å². The molecule has 5 nitrogen and oxygen atoms in total. The Labute approximate surface area is 171 Å². The Balaban J connectivity index is 1.81. The number of hydrogen-bond donors (Lipinski definition) is 0. The summed E-state index contributed by atoms with van der Waals surface area (Å²) in [6.07, 6.45) is 0.721. The van der Waals surface area contributed by atoms with E-state index in [1.165, 1.54) is 4.90 Å². The zero-order chi connectivity index (χ0) is 21.2. The summed E-state index contributed by atoms with van der Waals surface area (Å²) in [5.74, 6) is -1.16. The lowest BCUT2D eigenvalue weighted by Gasteiger charge is -2.25. The molecule has 152 valence electrons. The van der Waals surface area contributed by atoms with Crippen molar-refractivity contribution >= 4 is 17.8 Å². The van der Waals surface area contributed by atoms with Crippen LogP contribution in [-0.2, 0) is 16.0 Å². The van der Waals surface area contributed by atoms with Crippen LogP contribution in [-0.4, -0.2) is 34.8 Å². The molecule has 5 heteroatoms. The molecule has 1 aliphatic rings. The molecule has 29 heavy (non-hydrogen) atoms. The molecular weight excluding hydrogens is 366 g/mol. The number of amides is 2. The topological polar surface area (TPSA) is 63.7 Å². The number of carbonyl (C=O) groups excluding carboxylic acids is 3. The highest BCUT2D eigenvalue weighted by Crippen LogP contribution is 2.26. The van der Waals surface area contributed by atoms with Crippen LogP contribution in [0.3, 0.4) is 0 Å². The van der Waals surface area contributed by atoms with Gasteiger partial charge in [0.1, 0.15) is 5.60 Å². The second-order valence-corrected chi connectivity index (χ2v) is 8.55. The van der Waals surface area contributed by atoms with Crippen molar-refractivity contribution in [3.8, 4) is 0 Å². The first-order valence-corrected chi connectivity index (χ1v) is 9.87. The molecule has 0 spiro atoms. The van der Waals surface area contributed by atoms with Gasteiger partial charge in [-0.1, -0.05) is 36.4 Å². The van der Waals surface area contributed by atoms with Gasteiger partial charge in [-0.3, -0.25) is 19.3 Å². The van der Waals surface area contributed by atoms with Gasteiger partial charge in [-0.25, -0.2) is 0 Å². The minimum absolute atomic E-state index is 0.138. The number of rotatable bonds is 6. The molecule has 2 amide bonds. The number of aryl methyl sites for hydroxylation is 1. The van der Waals surface area contributed by atoms with Gasteiger partial charge in [0.15, 0.2) is 0 Å². The first-order chi connectivity index (χ1) is 13.7. The lowest BCUT2D eigenvalue weighted by atomic mass is 9.93. The molecule has 2 aromatic carbocycles. The number of hydrogen-bond acceptors (Lipinski definition) is 4. The Hall–Kier alpha value is -2.95. The number of nitrogens with zero attached hydrogens (tertiary/aromatic N) is 1. The molecule has 0 N–H and O–H groups in total. The van der Waals surface area contributed by atoms with Crippen LogP contribution in [0.1, 0.15) is 59.0 Å². The molecule has 0 aromatic heterocycles. The van der Waals surface area contributed by atoms with E-state index >= 15 is 0 Å². The smallest absolute Gasteiger partial charge is 0.306 e. The zero-order valence-electron chi connectivity index (χ0n) is 17.4. The molecule has 0 saturated heterocycles. The Bertz CT molecular complexity index is 907. The van der Waals surface area contributed by atoms with Gasteiger partial charge in [-0.05, 0) is 63.3 Å². The lowest BCUT2D eigenvalue weighted by Crippen LogP contribution is -2.37. The molecule has 0 fully saturated rings. The molecule has 3 rings (SSSR count). The van der Waals surface area contributed by atoms with Crippen molar-refractivity contribution in [2.45, 2.75) is 46.1 Å². The summed E-state index contributed by atoms with van der Waals surface area (Å²) >= 11 is 0. The lowest BCUT2D eigenvalue weighted by molar-refractivity contribution is -0.156. The maximum Gasteiger partial charge on any atom is 0.306 e. The van der Waals surface area contributed by atoms with Gasteiger partial charge < -0.3 is 4.74 Å². The monoisotopic (exact) mass is 393 g/mol. The standard InChI is InChI=1S/C24H27NO4/c1-16-9-5-6-10-18(16)13-17(14-21(26)29-24(2,3)4)15-25-22(27)19-11-7-8-12-20(19)23(25)28/h5-12,17H,13-15H2,1-4H3/t17-/m1/s1. The maximum atomic E-state index is 12.8. The van der Waals surface area contributed by atoms with Crippen LogP contribution < -0.4 is 0 Å². The van der Waals surface area contributed by atoms with E-state index in [1.807, 2.05) is 52.0 Å². The van der Waals surface area contributed by atoms with E-state index < -0.39 is 5.60 Å². The highest BCUT2D eigenvalue weighted by Gasteiger charge is 2.37. The van der Waals surface area contributed by atoms with E-state index in [9.17, 15) is 14.4 Å². The number of esters is 1. The SMILES string of the molecule is Cc1ccccc1C[C@H](CC(=O)OC(C)(C)C)CN1C(=O)c2ccccc2C1=O. The molecule has 0 radical (unpaired) electrons. The van der Waals surface area contributed by atoms with Crippen molar-refractivity contribution in [3.63, 3.8) is 0 Å². The minimum Gasteiger partial charge on any atom is -0.460 e. The van der Waals surface area contributed by atoms with Gasteiger partial charge in [0, 0.05) is 6.54 Å². The zero-order valence-corrected chi connectivity index (χ0v) is 17.4. The fraction of sp³-hybridized carbons (Fsp3) is 0.375. The third kappa shape index (κ3) is 4.91. The third-order valence-electron chi connectivity index (χ3n) is 4.96. The highest BCUT2D eigenvalue weighted by atomic mass is 16.6. The molecule has 0 bridgehead atoms. The molecule has 0 saturated carbocycles. The van der Waals surface area contributed by atoms with Crippen LogP contribution in [0.25, 0.3) is 0 Å². The Kier molecular flexibility index (Phi) is 5.87. The summed E-state index contributed by atoms with van der Waals surface area (Å²) in [5, 5.41) is 0. The fourth-order valence-electron chi connectivity index (χ4n) is 3.63. The van der Waals surface area contributed by atoms with E-state index in [2.05, 4.69) is 0 Å². The molecule has 1 aliphatic heterocycles. The average Bonchev–Trinajstić information content (AvgIpc) is 2.87. The largest absolute Gasteiger partial charge is 0.460 e. The molecular formula is C24H27NO4. The highest BCUT2D eigenvalue weighted by molar-refractivity contribution is 6.21. The molecule has 2 aromatic rings. The van der Waals surface area contributed by atoms with Gasteiger partial charge >= 0.3 is 5.97 Å². The molecule has 0 aliphatic carbocycles. The van der Waals surface area contributed by atoms with Crippen LogP contribution in [0.4, 0.5) is 0 Å². The van der Waals surface area contributed by atoms with E-state index in [-0.39, 0.29) is 36.7 Å². The molecule has 1 atom stereocenters. The minimum atomic E-state index is -0.584. The number of ether oxygens (including phenoxy) is 1. The van der Waals surface area contributed by atoms with Crippen molar-refractivity contribution in [1.29, 1.82) is 0 Å². The Morgan fingerprint density at radius 1 is 0.966 bits per heavy atom. The molecule has 0 unspecified atom stereocenters. The normalized spacial score (nSPS) is 14.7. The van der Waals surface area contributed by atoms with Gasteiger partial charge in [-0.2, -0.15) is 0 Å². The van der Waals surface area contributed by atoms with Crippen molar-refractivity contribution in [2.75, 3.05) is 6.54 Å². The third-order valence-corrected chi connectivity index (χ3v) is 4.96. The first kappa shape index (κ1) is 20.8. The van der Waals surface area contributed by atoms with E-state index in [0.29, 0.717) is 17.5 Å². The number of fused-ring (bicyclic) bond motifs is 1. The van der Waals surface area contributed by atoms with Gasteiger partial charge in [0.25, 0.3) is 11.8 Å². The van der Waals surface area contributed by atoms with E-state index in [1.54, 1.807) is 24.3 Å². The van der Waals surface area contributed by atoms with Crippen LogP contribution in [0.5, 0.6) is 0 Å². The van der Waals surface area contributed by atoms with Crippen molar-refractivity contribution in [3.05, 3.63) is 70.8 Å². The fourth-order valence-corrected chi connectivity index (χ4v) is 3.63. The van der Waals surface area contributed by atoms with Crippen LogP contribution in [0.2, 0.25) is 0 Å². The number of carbonyl (C=O) groups is 3. The van der Waals surface area contributed by atoms with Crippen molar-refractivity contribution < 1.29 is 19.1 Å². The summed E-state index contributed by atoms with van der Waals surface area (Å²) in [5.41, 5.74) is 2.47. The second-order valence-electron chi connectivity index (χ2n) is 8.55. The number of imide groups is 1. The van der Waals surface area contributed by atoms with E-state index in [0.717, 1.165) is 11.1 Å². The van der Waals surface area contributed by atoms with Crippen LogP contribution in [0.15, 0.2) is 48.5 Å². The van der Waals surface area contributed by atoms with Gasteiger partial charge in [0.05, 0.1) is 17.5 Å². The Morgan fingerprint density at radius 3 is 2.07 bits per heavy atom. The van der Waals surface area contributed by atoms with Gasteiger partial charge in [0.2, 0.25) is 0 Å². The van der Waals surface area contributed by atoms with Crippen LogP contribution >= 0.6 is 0 Å². The quantitative estimate of drug-likeness (QED) is 0.545. The van der Waals surface area contributed by atoms with Crippen LogP contribution in [0, 0.1) is 12.8 Å². The van der Waals surface area contributed by atoms with Gasteiger partial charge in [-0.15, -0.1) is 0 Å². The Morgan fingerprint density at radius 2 is 1.52 bits per heavy atom. The maximum absolute atomic E-state index is 12.8. The summed E-state index contributed by atoms with van der Waals surface area (Å²) in [6, 6.07) is 14.8. The van der Waals surface area contributed by atoms with Crippen molar-refractivity contribution in [1.82, 2.24) is 4.90 Å². The predicted molar refractivity (Wildman–Crippen MR) is 111 cm³/mol. The first-order valence-electron chi connectivity index (χ1n) is 9.87. The summed E-state index contributed by atoms with van der Waals surface area (Å²) in [6.45, 7) is 7.67. The summed E-state index contributed by atoms with van der Waals surface area (Å²) in [4.78, 5) is 39.3. The summed E-state index contributed by atoms with van der Waals surface area (Å²) < 4.78 is 5.49. The predicted octanol–water partition coefficient (Wildman–Crippen LogP) is 4.18. The van der Waals surface area contributed by atoms with E-state index in [4.69, 9.17) is 4.74 Å².